The van der Waals surface area contributed by atoms with Gasteiger partial charge in [0.15, 0.2) is 11.6 Å². The van der Waals surface area contributed by atoms with Gasteiger partial charge in [-0.2, -0.15) is 0 Å². The molecule has 6 nitrogen and oxygen atoms in total. The number of aromatic amines is 1. The molecule has 0 atom stereocenters. The van der Waals surface area contributed by atoms with E-state index in [-0.39, 0.29) is 18.7 Å². The van der Waals surface area contributed by atoms with Crippen molar-refractivity contribution >= 4 is 28.3 Å². The molecule has 170 valence electrons. The Morgan fingerprint density at radius 3 is 2.82 bits per heavy atom. The normalized spacial score (nSPS) is 11.1. The summed E-state index contributed by atoms with van der Waals surface area (Å²) in [5.74, 6) is -2.45. The smallest absolute Gasteiger partial charge is 0.263 e. The van der Waals surface area contributed by atoms with E-state index >= 15 is 0 Å². The number of aromatic nitrogens is 3. The van der Waals surface area contributed by atoms with Gasteiger partial charge in [0.05, 0.1) is 13.1 Å². The second kappa shape index (κ2) is 9.03. The fraction of sp³-hybridized carbons (Fsp3) is 0.0800. The molecule has 1 amide bonds. The number of rotatable bonds is 6. The maximum absolute atomic E-state index is 13.5. The summed E-state index contributed by atoms with van der Waals surface area (Å²) in [4.78, 5) is 34.9. The van der Waals surface area contributed by atoms with Crippen molar-refractivity contribution in [3.8, 4) is 10.4 Å². The summed E-state index contributed by atoms with van der Waals surface area (Å²) in [6.45, 7) is 0.284. The van der Waals surface area contributed by atoms with Crippen LogP contribution >= 0.6 is 11.3 Å². The summed E-state index contributed by atoms with van der Waals surface area (Å²) in [5, 5.41) is 3.81. The standard InChI is InChI=1S/C25H18F2N4O2S/c26-20-7-5-15(11-21(20)27)14-31-10-2-4-18(25(31)33)24(32)30-12-16-6-8-22(34-16)19-13-29-23-17(19)3-1-9-28-23/h1-11,13H,12,14H2,(H,28,29)(H,30,32). The Morgan fingerprint density at radius 1 is 1.09 bits per heavy atom. The van der Waals surface area contributed by atoms with Crippen molar-refractivity contribution in [2.45, 2.75) is 13.1 Å². The third-order valence-electron chi connectivity index (χ3n) is 5.40. The van der Waals surface area contributed by atoms with Crippen molar-refractivity contribution in [3.63, 3.8) is 0 Å². The summed E-state index contributed by atoms with van der Waals surface area (Å²) in [6, 6.07) is 14.3. The Morgan fingerprint density at radius 2 is 1.97 bits per heavy atom. The summed E-state index contributed by atoms with van der Waals surface area (Å²) >= 11 is 1.54. The van der Waals surface area contributed by atoms with E-state index in [1.54, 1.807) is 23.6 Å². The van der Waals surface area contributed by atoms with Gasteiger partial charge in [-0.1, -0.05) is 6.07 Å². The molecule has 0 bridgehead atoms. The van der Waals surface area contributed by atoms with Crippen LogP contribution in [0.15, 0.2) is 78.0 Å². The molecule has 5 rings (SSSR count). The van der Waals surface area contributed by atoms with Crippen LogP contribution < -0.4 is 10.9 Å². The fourth-order valence-electron chi connectivity index (χ4n) is 3.71. The zero-order chi connectivity index (χ0) is 23.7. The number of H-pyrrole nitrogens is 1. The van der Waals surface area contributed by atoms with Gasteiger partial charge in [-0.15, -0.1) is 11.3 Å². The minimum atomic E-state index is -0.987. The second-order valence-electron chi connectivity index (χ2n) is 7.65. The molecule has 5 aromatic rings. The lowest BCUT2D eigenvalue weighted by Crippen LogP contribution is -2.32. The second-order valence-corrected chi connectivity index (χ2v) is 8.82. The summed E-state index contributed by atoms with van der Waals surface area (Å²) in [6.07, 6.45) is 5.14. The quantitative estimate of drug-likeness (QED) is 0.373. The van der Waals surface area contributed by atoms with Crippen LogP contribution in [0.1, 0.15) is 20.8 Å². The van der Waals surface area contributed by atoms with Gasteiger partial charge in [-0.3, -0.25) is 9.59 Å². The largest absolute Gasteiger partial charge is 0.347 e. The number of thiophene rings is 1. The molecule has 0 unspecified atom stereocenters. The molecule has 9 heteroatoms. The Labute approximate surface area is 196 Å². The van der Waals surface area contributed by atoms with Gasteiger partial charge in [0.25, 0.3) is 11.5 Å². The van der Waals surface area contributed by atoms with E-state index < -0.39 is 23.1 Å². The molecule has 0 aliphatic rings. The Bertz CT molecular complexity index is 1570. The highest BCUT2D eigenvalue weighted by atomic mass is 32.1. The van der Waals surface area contributed by atoms with E-state index in [1.165, 1.54) is 22.9 Å². The molecular formula is C25H18F2N4O2S. The molecule has 1 aromatic carbocycles. The number of carbonyl (C=O) groups excluding carboxylic acids is 1. The first kappa shape index (κ1) is 21.7. The number of halogens is 2. The van der Waals surface area contributed by atoms with Crippen molar-refractivity contribution in [1.82, 2.24) is 19.9 Å². The lowest BCUT2D eigenvalue weighted by molar-refractivity contribution is 0.0949. The predicted octanol–water partition coefficient (Wildman–Crippen LogP) is 4.71. The zero-order valence-electron chi connectivity index (χ0n) is 17.7. The summed E-state index contributed by atoms with van der Waals surface area (Å²) in [5.41, 5.74) is 1.72. The lowest BCUT2D eigenvalue weighted by atomic mass is 10.2. The zero-order valence-corrected chi connectivity index (χ0v) is 18.5. The number of nitrogens with zero attached hydrogens (tertiary/aromatic N) is 2. The molecule has 0 spiro atoms. The SMILES string of the molecule is O=C(NCc1ccc(-c2c[nH]c3ncccc23)s1)c1cccn(Cc2ccc(F)c(F)c2)c1=O. The number of hydrogen-bond donors (Lipinski definition) is 2. The maximum atomic E-state index is 13.5. The molecule has 0 fully saturated rings. The fourth-order valence-corrected chi connectivity index (χ4v) is 4.69. The monoisotopic (exact) mass is 476 g/mol. The minimum Gasteiger partial charge on any atom is -0.347 e. The third kappa shape index (κ3) is 4.25. The first-order valence-corrected chi connectivity index (χ1v) is 11.2. The molecule has 0 saturated heterocycles. The van der Waals surface area contributed by atoms with Crippen molar-refractivity contribution < 1.29 is 13.6 Å². The number of hydrogen-bond acceptors (Lipinski definition) is 4. The minimum absolute atomic E-state index is 0.0188. The van der Waals surface area contributed by atoms with Gasteiger partial charge >= 0.3 is 0 Å². The van der Waals surface area contributed by atoms with Crippen LogP contribution in [-0.4, -0.2) is 20.4 Å². The van der Waals surface area contributed by atoms with Crippen molar-refractivity contribution in [2.24, 2.45) is 0 Å². The summed E-state index contributed by atoms with van der Waals surface area (Å²) in [7, 11) is 0. The van der Waals surface area contributed by atoms with E-state index in [0.29, 0.717) is 5.56 Å². The van der Waals surface area contributed by atoms with Gasteiger partial charge in [0.2, 0.25) is 0 Å². The van der Waals surface area contributed by atoms with Crippen molar-refractivity contribution in [1.29, 1.82) is 0 Å². The number of benzene rings is 1. The van der Waals surface area contributed by atoms with Crippen LogP contribution in [0.25, 0.3) is 21.5 Å². The Hall–Kier alpha value is -4.11. The van der Waals surface area contributed by atoms with Crippen LogP contribution in [0.5, 0.6) is 0 Å². The van der Waals surface area contributed by atoms with E-state index in [2.05, 4.69) is 15.3 Å². The lowest BCUT2D eigenvalue weighted by Gasteiger charge is -2.09. The first-order chi connectivity index (χ1) is 16.5. The Kier molecular flexibility index (Phi) is 5.77. The van der Waals surface area contributed by atoms with Gasteiger partial charge in [0, 0.05) is 39.3 Å². The molecule has 2 N–H and O–H groups in total. The molecule has 0 aliphatic carbocycles. The van der Waals surface area contributed by atoms with Gasteiger partial charge in [0.1, 0.15) is 11.2 Å². The topological polar surface area (TPSA) is 79.8 Å². The van der Waals surface area contributed by atoms with Crippen LogP contribution in [-0.2, 0) is 13.1 Å². The molecule has 4 aromatic heterocycles. The summed E-state index contributed by atoms with van der Waals surface area (Å²) < 4.78 is 27.9. The molecule has 0 radical (unpaired) electrons. The predicted molar refractivity (Wildman–Crippen MR) is 127 cm³/mol. The molecule has 34 heavy (non-hydrogen) atoms. The van der Waals surface area contributed by atoms with Gasteiger partial charge in [-0.25, -0.2) is 13.8 Å². The number of nitrogens with one attached hydrogen (secondary N) is 2. The van der Waals surface area contributed by atoms with Crippen LogP contribution in [0.3, 0.4) is 0 Å². The van der Waals surface area contributed by atoms with Gasteiger partial charge < -0.3 is 14.9 Å². The van der Waals surface area contributed by atoms with Crippen LogP contribution in [0.2, 0.25) is 0 Å². The van der Waals surface area contributed by atoms with Gasteiger partial charge in [-0.05, 0) is 54.1 Å². The highest BCUT2D eigenvalue weighted by molar-refractivity contribution is 7.15. The maximum Gasteiger partial charge on any atom is 0.263 e. The number of carbonyl (C=O) groups is 1. The van der Waals surface area contributed by atoms with Crippen molar-refractivity contribution in [3.05, 3.63) is 111 Å². The number of pyridine rings is 2. The van der Waals surface area contributed by atoms with Crippen LogP contribution in [0.4, 0.5) is 8.78 Å². The van der Waals surface area contributed by atoms with E-state index in [4.69, 9.17) is 0 Å². The highest BCUT2D eigenvalue weighted by Gasteiger charge is 2.14. The van der Waals surface area contributed by atoms with Crippen LogP contribution in [0, 0.1) is 11.6 Å². The molecule has 4 heterocycles. The highest BCUT2D eigenvalue weighted by Crippen LogP contribution is 2.33. The van der Waals surface area contributed by atoms with E-state index in [1.807, 2.05) is 30.5 Å². The average molecular weight is 477 g/mol. The molecule has 0 aliphatic heterocycles. The Balaban J connectivity index is 1.29. The molecular weight excluding hydrogens is 458 g/mol. The van der Waals surface area contributed by atoms with E-state index in [0.717, 1.165) is 38.5 Å². The number of amides is 1. The third-order valence-corrected chi connectivity index (χ3v) is 6.52. The average Bonchev–Trinajstić information content (AvgIpc) is 3.48. The molecule has 0 saturated carbocycles. The first-order valence-electron chi connectivity index (χ1n) is 10.4. The van der Waals surface area contributed by atoms with E-state index in [9.17, 15) is 18.4 Å². The van der Waals surface area contributed by atoms with Crippen molar-refractivity contribution in [2.75, 3.05) is 0 Å². The number of fused-ring (bicyclic) bond motifs is 1.